The number of benzene rings is 2. The van der Waals surface area contributed by atoms with Gasteiger partial charge < -0.3 is 0 Å². The highest BCUT2D eigenvalue weighted by Crippen LogP contribution is 2.15. The van der Waals surface area contributed by atoms with Crippen molar-refractivity contribution in [3.05, 3.63) is 70.6 Å². The summed E-state index contributed by atoms with van der Waals surface area (Å²) in [6.07, 6.45) is 1.64. The van der Waals surface area contributed by atoms with E-state index in [0.717, 1.165) is 9.69 Å². The molecule has 0 aliphatic carbocycles. The highest BCUT2D eigenvalue weighted by molar-refractivity contribution is 7.89. The van der Waals surface area contributed by atoms with Crippen molar-refractivity contribution in [1.82, 2.24) is 14.1 Å². The van der Waals surface area contributed by atoms with Crippen LogP contribution in [-0.2, 0) is 16.6 Å². The minimum atomic E-state index is -3.51. The third-order valence-corrected chi connectivity index (χ3v) is 5.58. The Morgan fingerprint density at radius 3 is 2.58 bits per heavy atom. The molecule has 124 valence electrons. The molecule has 24 heavy (non-hydrogen) atoms. The SMILES string of the molecule is CN(C)S(=O)(=O)c1cccc(Cn2ncc3ccccc3c2=O)c1. The first-order valence-corrected chi connectivity index (χ1v) is 8.80. The topological polar surface area (TPSA) is 72.3 Å². The number of sulfonamides is 1. The molecule has 0 aliphatic heterocycles. The van der Waals surface area contributed by atoms with Crippen molar-refractivity contribution in [2.75, 3.05) is 14.1 Å². The van der Waals surface area contributed by atoms with Crippen molar-refractivity contribution in [2.24, 2.45) is 0 Å². The molecule has 0 atom stereocenters. The lowest BCUT2D eigenvalue weighted by Gasteiger charge is -2.12. The molecule has 0 amide bonds. The first-order valence-electron chi connectivity index (χ1n) is 7.36. The van der Waals surface area contributed by atoms with Gasteiger partial charge in [-0.1, -0.05) is 30.3 Å². The molecule has 0 spiro atoms. The average Bonchev–Trinajstić information content (AvgIpc) is 2.58. The number of nitrogens with zero attached hydrogens (tertiary/aromatic N) is 3. The number of hydrogen-bond donors (Lipinski definition) is 0. The molecule has 0 fully saturated rings. The Bertz CT molecular complexity index is 1060. The maximum Gasteiger partial charge on any atom is 0.274 e. The van der Waals surface area contributed by atoms with Crippen LogP contribution in [0.1, 0.15) is 5.56 Å². The third kappa shape index (κ3) is 2.95. The van der Waals surface area contributed by atoms with E-state index >= 15 is 0 Å². The summed E-state index contributed by atoms with van der Waals surface area (Å²) in [6.45, 7) is 0.209. The van der Waals surface area contributed by atoms with Gasteiger partial charge in [-0.05, 0) is 23.8 Å². The van der Waals surface area contributed by atoms with Crippen LogP contribution in [0.3, 0.4) is 0 Å². The summed E-state index contributed by atoms with van der Waals surface area (Å²) in [4.78, 5) is 12.7. The van der Waals surface area contributed by atoms with E-state index in [9.17, 15) is 13.2 Å². The summed E-state index contributed by atoms with van der Waals surface area (Å²) < 4.78 is 26.9. The van der Waals surface area contributed by atoms with Crippen LogP contribution >= 0.6 is 0 Å². The van der Waals surface area contributed by atoms with Gasteiger partial charge in [0.25, 0.3) is 5.56 Å². The molecule has 0 radical (unpaired) electrons. The van der Waals surface area contributed by atoms with E-state index in [-0.39, 0.29) is 17.0 Å². The molecule has 6 nitrogen and oxygen atoms in total. The summed E-state index contributed by atoms with van der Waals surface area (Å²) in [5.41, 5.74) is 0.497. The zero-order valence-corrected chi connectivity index (χ0v) is 14.2. The Morgan fingerprint density at radius 1 is 1.08 bits per heavy atom. The van der Waals surface area contributed by atoms with Crippen molar-refractivity contribution in [3.8, 4) is 0 Å². The van der Waals surface area contributed by atoms with Gasteiger partial charge >= 0.3 is 0 Å². The van der Waals surface area contributed by atoms with Crippen LogP contribution in [0.25, 0.3) is 10.8 Å². The molecule has 0 saturated heterocycles. The molecule has 1 heterocycles. The van der Waals surface area contributed by atoms with Crippen molar-refractivity contribution in [2.45, 2.75) is 11.4 Å². The van der Waals surface area contributed by atoms with Gasteiger partial charge in [-0.15, -0.1) is 0 Å². The van der Waals surface area contributed by atoms with Gasteiger partial charge in [0.2, 0.25) is 10.0 Å². The number of rotatable bonds is 4. The fraction of sp³-hybridized carbons (Fsp3) is 0.176. The minimum absolute atomic E-state index is 0.193. The average molecular weight is 343 g/mol. The highest BCUT2D eigenvalue weighted by Gasteiger charge is 2.17. The van der Waals surface area contributed by atoms with Crippen LogP contribution in [0.4, 0.5) is 0 Å². The Kier molecular flexibility index (Phi) is 4.21. The summed E-state index contributed by atoms with van der Waals surface area (Å²) >= 11 is 0. The monoisotopic (exact) mass is 343 g/mol. The molecule has 2 aromatic carbocycles. The molecule has 0 N–H and O–H groups in total. The number of hydrogen-bond acceptors (Lipinski definition) is 4. The molecule has 0 aliphatic rings. The quantitative estimate of drug-likeness (QED) is 0.723. The standard InChI is InChI=1S/C17H17N3O3S/c1-19(2)24(22,23)15-8-5-6-13(10-15)12-20-17(21)16-9-4-3-7-14(16)11-18-20/h3-11H,12H2,1-2H3. The smallest absolute Gasteiger partial charge is 0.267 e. The van der Waals surface area contributed by atoms with Crippen molar-refractivity contribution < 1.29 is 8.42 Å². The maximum atomic E-state index is 12.5. The van der Waals surface area contributed by atoms with E-state index in [1.165, 1.54) is 24.8 Å². The van der Waals surface area contributed by atoms with Crippen LogP contribution in [0, 0.1) is 0 Å². The van der Waals surface area contributed by atoms with E-state index in [1.54, 1.807) is 36.5 Å². The van der Waals surface area contributed by atoms with Crippen molar-refractivity contribution in [1.29, 1.82) is 0 Å². The molecule has 0 unspecified atom stereocenters. The Labute approximate surface area is 140 Å². The summed E-state index contributed by atoms with van der Waals surface area (Å²) in [5.74, 6) is 0. The van der Waals surface area contributed by atoms with Crippen molar-refractivity contribution in [3.63, 3.8) is 0 Å². The van der Waals surface area contributed by atoms with Gasteiger partial charge in [-0.25, -0.2) is 17.4 Å². The molecular formula is C17H17N3O3S. The fourth-order valence-corrected chi connectivity index (χ4v) is 3.40. The van der Waals surface area contributed by atoms with Crippen LogP contribution in [0.2, 0.25) is 0 Å². The fourth-order valence-electron chi connectivity index (χ4n) is 2.43. The molecule has 3 aromatic rings. The zero-order chi connectivity index (χ0) is 17.3. The Morgan fingerprint density at radius 2 is 1.83 bits per heavy atom. The lowest BCUT2D eigenvalue weighted by Crippen LogP contribution is -2.24. The molecule has 7 heteroatoms. The van der Waals surface area contributed by atoms with Crippen LogP contribution in [0.5, 0.6) is 0 Å². The van der Waals surface area contributed by atoms with Gasteiger partial charge in [0.1, 0.15) is 0 Å². The molecule has 0 saturated carbocycles. The van der Waals surface area contributed by atoms with E-state index in [4.69, 9.17) is 0 Å². The van der Waals surface area contributed by atoms with Crippen molar-refractivity contribution >= 4 is 20.8 Å². The molecule has 3 rings (SSSR count). The van der Waals surface area contributed by atoms with Gasteiger partial charge in [0.05, 0.1) is 23.0 Å². The van der Waals surface area contributed by atoms with E-state index in [2.05, 4.69) is 5.10 Å². The van der Waals surface area contributed by atoms with E-state index in [1.807, 2.05) is 12.1 Å². The first kappa shape index (κ1) is 16.4. The lowest BCUT2D eigenvalue weighted by atomic mass is 10.2. The normalized spacial score (nSPS) is 12.0. The van der Waals surface area contributed by atoms with E-state index < -0.39 is 10.0 Å². The lowest BCUT2D eigenvalue weighted by molar-refractivity contribution is 0.520. The molecule has 1 aromatic heterocycles. The number of fused-ring (bicyclic) bond motifs is 1. The highest BCUT2D eigenvalue weighted by atomic mass is 32.2. The van der Waals surface area contributed by atoms with Gasteiger partial charge in [-0.2, -0.15) is 5.10 Å². The predicted octanol–water partition coefficient (Wildman–Crippen LogP) is 1.70. The zero-order valence-electron chi connectivity index (χ0n) is 13.4. The predicted molar refractivity (Wildman–Crippen MR) is 92.4 cm³/mol. The second kappa shape index (κ2) is 6.18. The van der Waals surface area contributed by atoms with Crippen LogP contribution in [-0.4, -0.2) is 36.6 Å². The van der Waals surface area contributed by atoms with Gasteiger partial charge in [-0.3, -0.25) is 4.79 Å². The largest absolute Gasteiger partial charge is 0.274 e. The van der Waals surface area contributed by atoms with Crippen LogP contribution in [0.15, 0.2) is 64.4 Å². The van der Waals surface area contributed by atoms with Gasteiger partial charge in [0.15, 0.2) is 0 Å². The summed E-state index contributed by atoms with van der Waals surface area (Å²) in [5, 5.41) is 5.54. The second-order valence-electron chi connectivity index (χ2n) is 5.63. The first-order chi connectivity index (χ1) is 11.4. The molecule has 0 bridgehead atoms. The van der Waals surface area contributed by atoms with E-state index in [0.29, 0.717) is 10.9 Å². The summed E-state index contributed by atoms with van der Waals surface area (Å²) in [6, 6.07) is 13.8. The summed E-state index contributed by atoms with van der Waals surface area (Å²) in [7, 11) is -0.544. The Hall–Kier alpha value is -2.51. The minimum Gasteiger partial charge on any atom is -0.267 e. The number of aromatic nitrogens is 2. The van der Waals surface area contributed by atoms with Gasteiger partial charge in [0, 0.05) is 19.5 Å². The second-order valence-corrected chi connectivity index (χ2v) is 7.78. The van der Waals surface area contributed by atoms with Crippen LogP contribution < -0.4 is 5.56 Å². The Balaban J connectivity index is 2.01. The molecular weight excluding hydrogens is 326 g/mol. The third-order valence-electron chi connectivity index (χ3n) is 3.77. The maximum absolute atomic E-state index is 12.5.